The first-order valence-corrected chi connectivity index (χ1v) is 6.41. The Bertz CT molecular complexity index is 456. The monoisotopic (exact) mass is 316 g/mol. The summed E-state index contributed by atoms with van der Waals surface area (Å²) in [5, 5.41) is 5.61. The predicted octanol–water partition coefficient (Wildman–Crippen LogP) is 1.90. The van der Waals surface area contributed by atoms with Gasteiger partial charge in [-0.25, -0.2) is 4.39 Å². The average molecular weight is 317 g/mol. The van der Waals surface area contributed by atoms with Crippen molar-refractivity contribution in [1.82, 2.24) is 5.32 Å². The van der Waals surface area contributed by atoms with Crippen LogP contribution in [0.3, 0.4) is 0 Å². The zero-order chi connectivity index (χ0) is 13.1. The maximum Gasteiger partial charge on any atom is 0.241 e. The number of anilines is 1. The van der Waals surface area contributed by atoms with Crippen LogP contribution in [0.15, 0.2) is 22.7 Å². The van der Waals surface area contributed by atoms with Gasteiger partial charge in [0.15, 0.2) is 0 Å². The summed E-state index contributed by atoms with van der Waals surface area (Å²) >= 11 is 3.16. The quantitative estimate of drug-likeness (QED) is 0.895. The second-order valence-electron chi connectivity index (χ2n) is 4.17. The van der Waals surface area contributed by atoms with Gasteiger partial charge in [0, 0.05) is 18.1 Å². The Hall–Kier alpha value is -0.980. The van der Waals surface area contributed by atoms with Crippen LogP contribution in [0.5, 0.6) is 0 Å². The highest BCUT2D eigenvalue weighted by atomic mass is 79.9. The summed E-state index contributed by atoms with van der Waals surface area (Å²) in [5.74, 6) is -0.699. The average Bonchev–Trinajstić information content (AvgIpc) is 2.81. The molecule has 0 spiro atoms. The van der Waals surface area contributed by atoms with Crippen molar-refractivity contribution in [2.24, 2.45) is 0 Å². The second kappa shape index (κ2) is 5.77. The molecule has 4 nitrogen and oxygen atoms in total. The Morgan fingerprint density at radius 1 is 1.61 bits per heavy atom. The molecule has 1 aromatic carbocycles. The molecule has 0 bridgehead atoms. The molecule has 2 N–H and O–H groups in total. The van der Waals surface area contributed by atoms with E-state index < -0.39 is 5.82 Å². The smallest absolute Gasteiger partial charge is 0.241 e. The molecule has 2 atom stereocenters. The van der Waals surface area contributed by atoms with Crippen LogP contribution < -0.4 is 10.6 Å². The number of benzene rings is 1. The molecule has 1 aliphatic heterocycles. The largest absolute Gasteiger partial charge is 0.380 e. The van der Waals surface area contributed by atoms with E-state index in [0.29, 0.717) is 17.4 Å². The zero-order valence-corrected chi connectivity index (χ0v) is 11.5. The van der Waals surface area contributed by atoms with Crippen LogP contribution in [-0.4, -0.2) is 31.7 Å². The molecule has 1 amide bonds. The van der Waals surface area contributed by atoms with Crippen LogP contribution in [0.2, 0.25) is 0 Å². The third-order valence-corrected chi connectivity index (χ3v) is 3.42. The number of hydrogen-bond donors (Lipinski definition) is 2. The van der Waals surface area contributed by atoms with Crippen molar-refractivity contribution in [2.75, 3.05) is 19.0 Å². The molecule has 1 heterocycles. The van der Waals surface area contributed by atoms with E-state index in [1.807, 2.05) is 0 Å². The van der Waals surface area contributed by atoms with Crippen LogP contribution >= 0.6 is 15.9 Å². The van der Waals surface area contributed by atoms with Crippen molar-refractivity contribution in [3.63, 3.8) is 0 Å². The lowest BCUT2D eigenvalue weighted by atomic mass is 10.2. The Balaban J connectivity index is 1.99. The third kappa shape index (κ3) is 3.07. The van der Waals surface area contributed by atoms with Gasteiger partial charge in [-0.05, 0) is 24.6 Å². The summed E-state index contributed by atoms with van der Waals surface area (Å²) in [6, 6.07) is 4.19. The molecule has 2 unspecified atom stereocenters. The normalized spacial score (nSPS) is 23.1. The molecule has 0 saturated carbocycles. The SMILES string of the molecule is COC1CNC(C(=O)Nc2ccc(Br)cc2F)C1. The predicted molar refractivity (Wildman–Crippen MR) is 69.9 cm³/mol. The van der Waals surface area contributed by atoms with E-state index in [9.17, 15) is 9.18 Å². The van der Waals surface area contributed by atoms with Gasteiger partial charge in [0.1, 0.15) is 5.82 Å². The third-order valence-electron chi connectivity index (χ3n) is 2.93. The van der Waals surface area contributed by atoms with Crippen LogP contribution in [0.25, 0.3) is 0 Å². The van der Waals surface area contributed by atoms with E-state index in [1.165, 1.54) is 12.1 Å². The molecular weight excluding hydrogens is 303 g/mol. The van der Waals surface area contributed by atoms with Gasteiger partial charge < -0.3 is 15.4 Å². The standard InChI is InChI=1S/C12H14BrFN2O2/c1-18-8-5-11(15-6-8)12(17)16-10-3-2-7(13)4-9(10)14/h2-4,8,11,15H,5-6H2,1H3,(H,16,17). The van der Waals surface area contributed by atoms with E-state index in [4.69, 9.17) is 4.74 Å². The molecule has 1 aliphatic rings. The first kappa shape index (κ1) is 13.5. The minimum absolute atomic E-state index is 0.0375. The summed E-state index contributed by atoms with van der Waals surface area (Å²) < 4.78 is 19.3. The Morgan fingerprint density at radius 2 is 2.39 bits per heavy atom. The van der Waals surface area contributed by atoms with Crippen molar-refractivity contribution < 1.29 is 13.9 Å². The topological polar surface area (TPSA) is 50.4 Å². The van der Waals surface area contributed by atoms with E-state index >= 15 is 0 Å². The fourth-order valence-electron chi connectivity index (χ4n) is 1.89. The summed E-state index contributed by atoms with van der Waals surface area (Å²) in [6.45, 7) is 0.636. The summed E-state index contributed by atoms with van der Waals surface area (Å²) in [6.07, 6.45) is 0.635. The number of rotatable bonds is 3. The summed E-state index contributed by atoms with van der Waals surface area (Å²) in [4.78, 5) is 11.9. The number of amides is 1. The van der Waals surface area contributed by atoms with Gasteiger partial charge in [-0.1, -0.05) is 15.9 Å². The minimum Gasteiger partial charge on any atom is -0.380 e. The maximum atomic E-state index is 13.6. The highest BCUT2D eigenvalue weighted by molar-refractivity contribution is 9.10. The fraction of sp³-hybridized carbons (Fsp3) is 0.417. The molecule has 1 fully saturated rings. The van der Waals surface area contributed by atoms with E-state index in [2.05, 4.69) is 26.6 Å². The number of halogens is 2. The van der Waals surface area contributed by atoms with Gasteiger partial charge in [-0.15, -0.1) is 0 Å². The Labute approximate surface area is 113 Å². The summed E-state index contributed by atoms with van der Waals surface area (Å²) in [7, 11) is 1.61. The number of ether oxygens (including phenoxy) is 1. The molecular formula is C12H14BrFN2O2. The van der Waals surface area contributed by atoms with E-state index in [1.54, 1.807) is 13.2 Å². The lowest BCUT2D eigenvalue weighted by Crippen LogP contribution is -2.35. The fourth-order valence-corrected chi connectivity index (χ4v) is 2.23. The molecule has 6 heteroatoms. The van der Waals surface area contributed by atoms with Crippen molar-refractivity contribution in [1.29, 1.82) is 0 Å². The first-order valence-electron chi connectivity index (χ1n) is 5.62. The van der Waals surface area contributed by atoms with Gasteiger partial charge in [-0.3, -0.25) is 4.79 Å². The van der Waals surface area contributed by atoms with Crippen LogP contribution in [-0.2, 0) is 9.53 Å². The first-order chi connectivity index (χ1) is 8.60. The zero-order valence-electron chi connectivity index (χ0n) is 9.87. The lowest BCUT2D eigenvalue weighted by molar-refractivity contribution is -0.118. The molecule has 0 aromatic heterocycles. The van der Waals surface area contributed by atoms with E-state index in [0.717, 1.165) is 0 Å². The molecule has 1 saturated heterocycles. The maximum absolute atomic E-state index is 13.6. The minimum atomic E-state index is -0.459. The van der Waals surface area contributed by atoms with Gasteiger partial charge >= 0.3 is 0 Å². The van der Waals surface area contributed by atoms with Crippen LogP contribution in [0.4, 0.5) is 10.1 Å². The number of methoxy groups -OCH3 is 1. The summed E-state index contributed by atoms with van der Waals surface area (Å²) in [5.41, 5.74) is 0.186. The Kier molecular flexibility index (Phi) is 4.31. The van der Waals surface area contributed by atoms with Gasteiger partial charge in [0.05, 0.1) is 17.8 Å². The van der Waals surface area contributed by atoms with Crippen molar-refractivity contribution in [2.45, 2.75) is 18.6 Å². The van der Waals surface area contributed by atoms with Crippen molar-refractivity contribution >= 4 is 27.5 Å². The Morgan fingerprint density at radius 3 is 3.00 bits per heavy atom. The van der Waals surface area contributed by atoms with Crippen molar-refractivity contribution in [3.8, 4) is 0 Å². The molecule has 1 aromatic rings. The lowest BCUT2D eigenvalue weighted by Gasteiger charge is -2.12. The molecule has 98 valence electrons. The van der Waals surface area contributed by atoms with Crippen LogP contribution in [0, 0.1) is 5.82 Å². The molecule has 2 rings (SSSR count). The van der Waals surface area contributed by atoms with Crippen LogP contribution in [0.1, 0.15) is 6.42 Å². The van der Waals surface area contributed by atoms with Gasteiger partial charge in [0.25, 0.3) is 0 Å². The van der Waals surface area contributed by atoms with E-state index in [-0.39, 0.29) is 23.7 Å². The molecule has 0 radical (unpaired) electrons. The molecule has 0 aliphatic carbocycles. The number of nitrogens with one attached hydrogen (secondary N) is 2. The van der Waals surface area contributed by atoms with Crippen molar-refractivity contribution in [3.05, 3.63) is 28.5 Å². The van der Waals surface area contributed by atoms with Gasteiger partial charge in [-0.2, -0.15) is 0 Å². The van der Waals surface area contributed by atoms with Gasteiger partial charge in [0.2, 0.25) is 5.91 Å². The number of carbonyl (C=O) groups is 1. The second-order valence-corrected chi connectivity index (χ2v) is 5.08. The molecule has 18 heavy (non-hydrogen) atoms. The highest BCUT2D eigenvalue weighted by Crippen LogP contribution is 2.20. The number of hydrogen-bond acceptors (Lipinski definition) is 3. The highest BCUT2D eigenvalue weighted by Gasteiger charge is 2.29. The number of carbonyl (C=O) groups excluding carboxylic acids is 1.